The summed E-state index contributed by atoms with van der Waals surface area (Å²) in [5.41, 5.74) is 0. The van der Waals surface area contributed by atoms with Crippen LogP contribution in [0.15, 0.2) is 0 Å². The Kier molecular flexibility index (Phi) is 5.01. The van der Waals surface area contributed by atoms with E-state index in [-0.39, 0.29) is 6.10 Å². The van der Waals surface area contributed by atoms with Crippen molar-refractivity contribution in [3.63, 3.8) is 0 Å². The minimum Gasteiger partial charge on any atom is -0.393 e. The molecule has 0 aliphatic heterocycles. The molecular weight excluding hydrogens is 102 g/mol. The first-order valence-corrected chi connectivity index (χ1v) is 2.95. The Morgan fingerprint density at radius 3 is 2.75 bits per heavy atom. The van der Waals surface area contributed by atoms with Gasteiger partial charge in [-0.25, -0.2) is 0 Å². The number of rotatable bonds is 4. The van der Waals surface area contributed by atoms with E-state index in [1.807, 2.05) is 0 Å². The molecule has 0 heterocycles. The Morgan fingerprint density at radius 1 is 1.75 bits per heavy atom. The summed E-state index contributed by atoms with van der Waals surface area (Å²) in [5, 5.41) is 11.7. The fraction of sp³-hybridized carbons (Fsp3) is 0.833. The Balaban J connectivity index is 2.72. The molecule has 0 aliphatic carbocycles. The highest BCUT2D eigenvalue weighted by molar-refractivity contribution is 4.51. The average Bonchev–Trinajstić information content (AvgIpc) is 1.66. The molecule has 49 valence electrons. The molecule has 2 nitrogen and oxygen atoms in total. The Labute approximate surface area is 50.9 Å². The van der Waals surface area contributed by atoms with Crippen LogP contribution in [-0.2, 0) is 0 Å². The van der Waals surface area contributed by atoms with Crippen LogP contribution in [0.25, 0.3) is 0 Å². The third-order valence-corrected chi connectivity index (χ3v) is 0.916. The van der Waals surface area contributed by atoms with Crippen molar-refractivity contribution in [2.45, 2.75) is 19.4 Å². The van der Waals surface area contributed by atoms with Crippen LogP contribution >= 0.6 is 0 Å². The second kappa shape index (κ2) is 5.06. The molecule has 0 aromatic carbocycles. The molecular formula is C6H14NO. The van der Waals surface area contributed by atoms with E-state index >= 15 is 0 Å². The normalized spacial score (nSPS) is 13.9. The summed E-state index contributed by atoms with van der Waals surface area (Å²) < 4.78 is 0. The van der Waals surface area contributed by atoms with E-state index in [0.717, 1.165) is 19.5 Å². The van der Waals surface area contributed by atoms with Gasteiger partial charge in [-0.3, -0.25) is 0 Å². The number of aliphatic hydroxyl groups is 1. The smallest absolute Gasteiger partial charge is 0.0524 e. The molecule has 0 spiro atoms. The van der Waals surface area contributed by atoms with Crippen LogP contribution in [0.3, 0.4) is 0 Å². The molecule has 0 aliphatic rings. The lowest BCUT2D eigenvalue weighted by atomic mass is 10.3. The van der Waals surface area contributed by atoms with Gasteiger partial charge in [0.1, 0.15) is 0 Å². The van der Waals surface area contributed by atoms with Crippen LogP contribution < -0.4 is 5.32 Å². The van der Waals surface area contributed by atoms with Crippen LogP contribution in [0.5, 0.6) is 0 Å². The lowest BCUT2D eigenvalue weighted by molar-refractivity contribution is 0.184. The SMILES string of the molecule is [CH2]CNCCC(C)O. The zero-order chi connectivity index (χ0) is 6.41. The first-order chi connectivity index (χ1) is 3.77. The van der Waals surface area contributed by atoms with E-state index in [4.69, 9.17) is 5.11 Å². The van der Waals surface area contributed by atoms with Crippen molar-refractivity contribution in [1.82, 2.24) is 5.32 Å². The van der Waals surface area contributed by atoms with Crippen LogP contribution in [0.2, 0.25) is 0 Å². The van der Waals surface area contributed by atoms with Gasteiger partial charge in [-0.1, -0.05) is 0 Å². The first-order valence-electron chi connectivity index (χ1n) is 2.95. The Morgan fingerprint density at radius 2 is 2.38 bits per heavy atom. The largest absolute Gasteiger partial charge is 0.393 e. The highest BCUT2D eigenvalue weighted by Crippen LogP contribution is 1.84. The van der Waals surface area contributed by atoms with Crippen molar-refractivity contribution in [2.75, 3.05) is 13.1 Å². The van der Waals surface area contributed by atoms with Gasteiger partial charge in [0.25, 0.3) is 0 Å². The molecule has 8 heavy (non-hydrogen) atoms. The zero-order valence-corrected chi connectivity index (χ0v) is 5.35. The maximum Gasteiger partial charge on any atom is 0.0524 e. The van der Waals surface area contributed by atoms with E-state index in [2.05, 4.69) is 12.2 Å². The fourth-order valence-corrected chi connectivity index (χ4v) is 0.436. The van der Waals surface area contributed by atoms with Crippen LogP contribution in [0.1, 0.15) is 13.3 Å². The van der Waals surface area contributed by atoms with E-state index in [1.54, 1.807) is 6.92 Å². The van der Waals surface area contributed by atoms with Crippen molar-refractivity contribution in [2.24, 2.45) is 0 Å². The molecule has 1 radical (unpaired) electrons. The minimum absolute atomic E-state index is 0.186. The van der Waals surface area contributed by atoms with Gasteiger partial charge >= 0.3 is 0 Å². The molecule has 2 N–H and O–H groups in total. The highest BCUT2D eigenvalue weighted by Gasteiger charge is 1.91. The number of aliphatic hydroxyl groups excluding tert-OH is 1. The monoisotopic (exact) mass is 116 g/mol. The highest BCUT2D eigenvalue weighted by atomic mass is 16.3. The Hall–Kier alpha value is -0.0800. The van der Waals surface area contributed by atoms with Crippen LogP contribution in [-0.4, -0.2) is 24.3 Å². The van der Waals surface area contributed by atoms with E-state index < -0.39 is 0 Å². The quantitative estimate of drug-likeness (QED) is 0.513. The lowest BCUT2D eigenvalue weighted by Gasteiger charge is -2.02. The number of hydrogen-bond donors (Lipinski definition) is 2. The standard InChI is InChI=1S/C6H14NO/c1-3-7-5-4-6(2)8/h6-8H,1,3-5H2,2H3. The van der Waals surface area contributed by atoms with Gasteiger partial charge in [0, 0.05) is 0 Å². The van der Waals surface area contributed by atoms with Crippen molar-refractivity contribution in [3.05, 3.63) is 6.92 Å². The van der Waals surface area contributed by atoms with Crippen molar-refractivity contribution in [1.29, 1.82) is 0 Å². The molecule has 0 saturated carbocycles. The second-order valence-electron chi connectivity index (χ2n) is 1.89. The van der Waals surface area contributed by atoms with Gasteiger partial charge in [0.2, 0.25) is 0 Å². The molecule has 0 bridgehead atoms. The topological polar surface area (TPSA) is 32.3 Å². The first kappa shape index (κ1) is 7.92. The predicted octanol–water partition coefficient (Wildman–Crippen LogP) is 0.181. The Bertz CT molecular complexity index is 45.8. The van der Waals surface area contributed by atoms with Gasteiger partial charge in [-0.15, -0.1) is 0 Å². The zero-order valence-electron chi connectivity index (χ0n) is 5.35. The molecule has 0 amide bonds. The third-order valence-electron chi connectivity index (χ3n) is 0.916. The molecule has 0 rings (SSSR count). The van der Waals surface area contributed by atoms with E-state index in [0.29, 0.717) is 0 Å². The number of hydrogen-bond acceptors (Lipinski definition) is 2. The number of nitrogens with one attached hydrogen (secondary N) is 1. The van der Waals surface area contributed by atoms with Gasteiger partial charge in [0.05, 0.1) is 6.10 Å². The van der Waals surface area contributed by atoms with Gasteiger partial charge in [0.15, 0.2) is 0 Å². The summed E-state index contributed by atoms with van der Waals surface area (Å²) in [4.78, 5) is 0. The van der Waals surface area contributed by atoms with Gasteiger partial charge < -0.3 is 10.4 Å². The predicted molar refractivity (Wildman–Crippen MR) is 34.5 cm³/mol. The molecule has 0 saturated heterocycles. The minimum atomic E-state index is -0.186. The summed E-state index contributed by atoms with van der Waals surface area (Å²) in [6.07, 6.45) is 0.629. The fourth-order valence-electron chi connectivity index (χ4n) is 0.436. The molecule has 2 heteroatoms. The van der Waals surface area contributed by atoms with Crippen LogP contribution in [0.4, 0.5) is 0 Å². The molecule has 1 atom stereocenters. The third kappa shape index (κ3) is 5.92. The molecule has 0 aromatic heterocycles. The summed E-state index contributed by atoms with van der Waals surface area (Å²) in [6.45, 7) is 6.98. The maximum atomic E-state index is 8.72. The maximum absolute atomic E-state index is 8.72. The van der Waals surface area contributed by atoms with Gasteiger partial charge in [-0.2, -0.15) is 0 Å². The van der Waals surface area contributed by atoms with Gasteiger partial charge in [-0.05, 0) is 33.4 Å². The van der Waals surface area contributed by atoms with E-state index in [9.17, 15) is 0 Å². The summed E-state index contributed by atoms with van der Waals surface area (Å²) in [6, 6.07) is 0. The van der Waals surface area contributed by atoms with Crippen molar-refractivity contribution in [3.8, 4) is 0 Å². The lowest BCUT2D eigenvalue weighted by Crippen LogP contribution is -2.18. The molecule has 1 unspecified atom stereocenters. The van der Waals surface area contributed by atoms with Crippen molar-refractivity contribution < 1.29 is 5.11 Å². The summed E-state index contributed by atoms with van der Waals surface area (Å²) in [7, 11) is 0. The van der Waals surface area contributed by atoms with Crippen molar-refractivity contribution >= 4 is 0 Å². The van der Waals surface area contributed by atoms with Crippen LogP contribution in [0, 0.1) is 6.92 Å². The summed E-state index contributed by atoms with van der Waals surface area (Å²) >= 11 is 0. The molecule has 0 fully saturated rings. The van der Waals surface area contributed by atoms with E-state index in [1.165, 1.54) is 0 Å². The second-order valence-corrected chi connectivity index (χ2v) is 1.89. The average molecular weight is 116 g/mol. The molecule has 0 aromatic rings. The summed E-state index contributed by atoms with van der Waals surface area (Å²) in [5.74, 6) is 0.